The monoisotopic (exact) mass is 275 g/mol. The average Bonchev–Trinajstić information content (AvgIpc) is 2.37. The zero-order valence-corrected chi connectivity index (χ0v) is 12.2. The maximum absolute atomic E-state index is 6.13. The molecule has 0 radical (unpaired) electrons. The van der Waals surface area contributed by atoms with Crippen molar-refractivity contribution in [1.82, 2.24) is 5.32 Å². The van der Waals surface area contributed by atoms with Crippen molar-refractivity contribution >= 4 is 11.6 Å². The molecule has 0 bridgehead atoms. The third-order valence-electron chi connectivity index (χ3n) is 3.00. The number of halogens is 1. The van der Waals surface area contributed by atoms with Crippen molar-refractivity contribution in [2.24, 2.45) is 0 Å². The Morgan fingerprint density at radius 1 is 1.11 bits per heavy atom. The van der Waals surface area contributed by atoms with E-state index in [1.54, 1.807) is 0 Å². The van der Waals surface area contributed by atoms with Crippen LogP contribution in [0.1, 0.15) is 16.7 Å². The van der Waals surface area contributed by atoms with E-state index in [1.165, 1.54) is 11.1 Å². The van der Waals surface area contributed by atoms with Gasteiger partial charge in [-0.2, -0.15) is 0 Å². The van der Waals surface area contributed by atoms with Gasteiger partial charge >= 0.3 is 0 Å². The lowest BCUT2D eigenvalue weighted by Gasteiger charge is -2.11. The summed E-state index contributed by atoms with van der Waals surface area (Å²) < 4.78 is 5.85. The Bertz CT molecular complexity index is 581. The van der Waals surface area contributed by atoms with Gasteiger partial charge in [0.05, 0.1) is 5.02 Å². The highest BCUT2D eigenvalue weighted by molar-refractivity contribution is 6.32. The van der Waals surface area contributed by atoms with Gasteiger partial charge in [-0.05, 0) is 61.9 Å². The minimum atomic E-state index is 0.627. The normalized spacial score (nSPS) is 10.5. The molecule has 0 aliphatic heterocycles. The van der Waals surface area contributed by atoms with Crippen LogP contribution in [0.5, 0.6) is 11.5 Å². The summed E-state index contributed by atoms with van der Waals surface area (Å²) in [5.41, 5.74) is 3.60. The highest BCUT2D eigenvalue weighted by atomic mass is 35.5. The van der Waals surface area contributed by atoms with E-state index in [4.69, 9.17) is 16.3 Å². The molecule has 0 amide bonds. The lowest BCUT2D eigenvalue weighted by atomic mass is 10.1. The van der Waals surface area contributed by atoms with Gasteiger partial charge < -0.3 is 10.1 Å². The summed E-state index contributed by atoms with van der Waals surface area (Å²) in [7, 11) is 1.94. The topological polar surface area (TPSA) is 21.3 Å². The SMILES string of the molecule is CNCc1ccc(Oc2cc(C)ccc2Cl)cc1C. The molecule has 2 aromatic rings. The van der Waals surface area contributed by atoms with Crippen LogP contribution in [0.3, 0.4) is 0 Å². The molecule has 0 aliphatic rings. The van der Waals surface area contributed by atoms with Crippen LogP contribution in [0.4, 0.5) is 0 Å². The summed E-state index contributed by atoms with van der Waals surface area (Å²) in [5, 5.41) is 3.78. The van der Waals surface area contributed by atoms with E-state index in [2.05, 4.69) is 18.3 Å². The third kappa shape index (κ3) is 3.49. The molecule has 0 aliphatic carbocycles. The lowest BCUT2D eigenvalue weighted by molar-refractivity contribution is 0.482. The second-order valence-corrected chi connectivity index (χ2v) is 5.06. The number of rotatable bonds is 4. The van der Waals surface area contributed by atoms with Crippen LogP contribution in [0, 0.1) is 13.8 Å². The highest BCUT2D eigenvalue weighted by Crippen LogP contribution is 2.31. The van der Waals surface area contributed by atoms with E-state index < -0.39 is 0 Å². The van der Waals surface area contributed by atoms with Crippen molar-refractivity contribution in [3.05, 3.63) is 58.1 Å². The second-order valence-electron chi connectivity index (χ2n) is 4.65. The molecule has 0 spiro atoms. The summed E-state index contributed by atoms with van der Waals surface area (Å²) >= 11 is 6.13. The first-order valence-corrected chi connectivity index (χ1v) is 6.66. The molecule has 0 aromatic heterocycles. The molecular formula is C16H18ClNO. The fourth-order valence-electron chi connectivity index (χ4n) is 1.94. The van der Waals surface area contributed by atoms with Gasteiger partial charge in [-0.1, -0.05) is 23.7 Å². The quantitative estimate of drug-likeness (QED) is 0.889. The molecule has 2 aromatic carbocycles. The molecule has 19 heavy (non-hydrogen) atoms. The number of hydrogen-bond donors (Lipinski definition) is 1. The zero-order valence-electron chi connectivity index (χ0n) is 11.5. The maximum Gasteiger partial charge on any atom is 0.146 e. The van der Waals surface area contributed by atoms with Gasteiger partial charge in [0.1, 0.15) is 11.5 Å². The highest BCUT2D eigenvalue weighted by Gasteiger charge is 2.05. The smallest absolute Gasteiger partial charge is 0.146 e. The first-order valence-electron chi connectivity index (χ1n) is 6.28. The number of ether oxygens (including phenoxy) is 1. The zero-order chi connectivity index (χ0) is 13.8. The maximum atomic E-state index is 6.13. The predicted octanol–water partition coefficient (Wildman–Crippen LogP) is 4.47. The average molecular weight is 276 g/mol. The van der Waals surface area contributed by atoms with Gasteiger partial charge in [-0.3, -0.25) is 0 Å². The van der Waals surface area contributed by atoms with E-state index in [0.29, 0.717) is 10.8 Å². The number of nitrogens with one attached hydrogen (secondary N) is 1. The number of hydrogen-bond acceptors (Lipinski definition) is 2. The molecular weight excluding hydrogens is 258 g/mol. The Morgan fingerprint density at radius 2 is 1.89 bits per heavy atom. The van der Waals surface area contributed by atoms with Gasteiger partial charge in [0.2, 0.25) is 0 Å². The molecule has 0 saturated carbocycles. The summed E-state index contributed by atoms with van der Waals surface area (Å²) in [6, 6.07) is 11.8. The van der Waals surface area contributed by atoms with Crippen molar-refractivity contribution < 1.29 is 4.74 Å². The lowest BCUT2D eigenvalue weighted by Crippen LogP contribution is -2.06. The molecule has 2 nitrogen and oxygen atoms in total. The standard InChI is InChI=1S/C16H18ClNO/c1-11-4-7-15(17)16(8-11)19-14-6-5-13(10-18-3)12(2)9-14/h4-9,18H,10H2,1-3H3. The Labute approximate surface area is 119 Å². The molecule has 3 heteroatoms. The molecule has 0 unspecified atom stereocenters. The van der Waals surface area contributed by atoms with Crippen molar-refractivity contribution in [3.8, 4) is 11.5 Å². The summed E-state index contributed by atoms with van der Waals surface area (Å²) in [4.78, 5) is 0. The molecule has 0 heterocycles. The fourth-order valence-corrected chi connectivity index (χ4v) is 2.09. The molecule has 2 rings (SSSR count). The first kappa shape index (κ1) is 13.9. The van der Waals surface area contributed by atoms with Crippen LogP contribution >= 0.6 is 11.6 Å². The molecule has 0 atom stereocenters. The van der Waals surface area contributed by atoms with Crippen molar-refractivity contribution in [2.45, 2.75) is 20.4 Å². The first-order chi connectivity index (χ1) is 9.10. The molecule has 1 N–H and O–H groups in total. The van der Waals surface area contributed by atoms with Crippen molar-refractivity contribution in [1.29, 1.82) is 0 Å². The van der Waals surface area contributed by atoms with Crippen LogP contribution in [0.15, 0.2) is 36.4 Å². The van der Waals surface area contributed by atoms with E-state index >= 15 is 0 Å². The van der Waals surface area contributed by atoms with E-state index in [0.717, 1.165) is 17.9 Å². The van der Waals surface area contributed by atoms with Crippen LogP contribution in [0.2, 0.25) is 5.02 Å². The van der Waals surface area contributed by atoms with E-state index in [1.807, 2.05) is 44.3 Å². The van der Waals surface area contributed by atoms with Gasteiger partial charge in [0.15, 0.2) is 0 Å². The Kier molecular flexibility index (Phi) is 4.46. The number of aryl methyl sites for hydroxylation is 2. The summed E-state index contributed by atoms with van der Waals surface area (Å²) in [6.45, 7) is 4.96. The summed E-state index contributed by atoms with van der Waals surface area (Å²) in [6.07, 6.45) is 0. The van der Waals surface area contributed by atoms with Gasteiger partial charge in [0.25, 0.3) is 0 Å². The van der Waals surface area contributed by atoms with E-state index in [9.17, 15) is 0 Å². The van der Waals surface area contributed by atoms with Gasteiger partial charge in [0, 0.05) is 6.54 Å². The molecule has 0 fully saturated rings. The minimum absolute atomic E-state index is 0.627. The van der Waals surface area contributed by atoms with Crippen LogP contribution in [-0.2, 0) is 6.54 Å². The predicted molar refractivity (Wildman–Crippen MR) is 80.2 cm³/mol. The molecule has 100 valence electrons. The third-order valence-corrected chi connectivity index (χ3v) is 3.31. The van der Waals surface area contributed by atoms with E-state index in [-0.39, 0.29) is 0 Å². The fraction of sp³-hybridized carbons (Fsp3) is 0.250. The van der Waals surface area contributed by atoms with Crippen LogP contribution in [-0.4, -0.2) is 7.05 Å². The van der Waals surface area contributed by atoms with Crippen molar-refractivity contribution in [2.75, 3.05) is 7.05 Å². The second kappa shape index (κ2) is 6.09. The Morgan fingerprint density at radius 3 is 2.58 bits per heavy atom. The Hall–Kier alpha value is -1.51. The summed E-state index contributed by atoms with van der Waals surface area (Å²) in [5.74, 6) is 1.51. The number of benzene rings is 2. The van der Waals surface area contributed by atoms with Gasteiger partial charge in [-0.15, -0.1) is 0 Å². The van der Waals surface area contributed by atoms with Crippen LogP contribution in [0.25, 0.3) is 0 Å². The van der Waals surface area contributed by atoms with Crippen molar-refractivity contribution in [3.63, 3.8) is 0 Å². The minimum Gasteiger partial charge on any atom is -0.456 e. The largest absolute Gasteiger partial charge is 0.456 e. The van der Waals surface area contributed by atoms with Gasteiger partial charge in [-0.25, -0.2) is 0 Å². The Balaban J connectivity index is 2.24. The van der Waals surface area contributed by atoms with Crippen LogP contribution < -0.4 is 10.1 Å². The molecule has 0 saturated heterocycles.